The average Bonchev–Trinajstić information content (AvgIpc) is 2.96. The number of rotatable bonds is 4. The predicted octanol–water partition coefficient (Wildman–Crippen LogP) is 3.64. The van der Waals surface area contributed by atoms with E-state index in [0.29, 0.717) is 12.1 Å². The van der Waals surface area contributed by atoms with Crippen LogP contribution in [-0.4, -0.2) is 12.6 Å². The molecule has 1 heterocycles. The van der Waals surface area contributed by atoms with Crippen LogP contribution in [0.3, 0.4) is 0 Å². The van der Waals surface area contributed by atoms with Crippen LogP contribution in [0.15, 0.2) is 59.1 Å². The van der Waals surface area contributed by atoms with Crippen molar-refractivity contribution in [1.82, 2.24) is 10.6 Å². The number of halogens is 1. The van der Waals surface area contributed by atoms with Gasteiger partial charge < -0.3 is 10.6 Å². The van der Waals surface area contributed by atoms with E-state index in [9.17, 15) is 0 Å². The van der Waals surface area contributed by atoms with Crippen LogP contribution in [0.4, 0.5) is 0 Å². The van der Waals surface area contributed by atoms with E-state index in [1.165, 1.54) is 22.0 Å². The number of hydrogen-bond donors (Lipinski definition) is 2. The molecule has 1 aliphatic rings. The van der Waals surface area contributed by atoms with Gasteiger partial charge in [0.15, 0.2) is 0 Å². The molecule has 0 aliphatic carbocycles. The molecule has 0 amide bonds. The van der Waals surface area contributed by atoms with Gasteiger partial charge in [0.1, 0.15) is 0 Å². The maximum atomic E-state index is 3.69. The highest BCUT2D eigenvalue weighted by Crippen LogP contribution is 2.24. The number of nitrogens with one attached hydrogen (secondary N) is 2. The van der Waals surface area contributed by atoms with Gasteiger partial charge in [-0.3, -0.25) is 0 Å². The number of benzene rings is 2. The lowest BCUT2D eigenvalue weighted by atomic mass is 10.0. The van der Waals surface area contributed by atoms with Crippen molar-refractivity contribution in [2.75, 3.05) is 6.54 Å². The fraction of sp³-hybridized carbons (Fsp3) is 0.294. The Morgan fingerprint density at radius 2 is 1.80 bits per heavy atom. The monoisotopic (exact) mass is 330 g/mol. The molecule has 1 saturated heterocycles. The molecule has 2 nitrogen and oxygen atoms in total. The summed E-state index contributed by atoms with van der Waals surface area (Å²) in [6.07, 6.45) is 1.17. The van der Waals surface area contributed by atoms with Gasteiger partial charge in [0.25, 0.3) is 0 Å². The fourth-order valence-electron chi connectivity index (χ4n) is 2.82. The van der Waals surface area contributed by atoms with Crippen molar-refractivity contribution in [3.63, 3.8) is 0 Å². The first-order chi connectivity index (χ1) is 9.84. The van der Waals surface area contributed by atoms with Gasteiger partial charge in [-0.25, -0.2) is 0 Å². The fourth-order valence-corrected chi connectivity index (χ4v) is 3.24. The molecule has 104 valence electrons. The molecule has 2 aromatic carbocycles. The summed E-state index contributed by atoms with van der Waals surface area (Å²) >= 11 is 3.61. The average molecular weight is 331 g/mol. The van der Waals surface area contributed by atoms with Gasteiger partial charge in [-0.1, -0.05) is 64.5 Å². The van der Waals surface area contributed by atoms with Crippen LogP contribution >= 0.6 is 15.9 Å². The molecule has 20 heavy (non-hydrogen) atoms. The van der Waals surface area contributed by atoms with E-state index in [1.807, 2.05) is 0 Å². The Kier molecular flexibility index (Phi) is 4.51. The van der Waals surface area contributed by atoms with Gasteiger partial charge in [-0.05, 0) is 30.2 Å². The van der Waals surface area contributed by atoms with Gasteiger partial charge in [0.2, 0.25) is 0 Å². The van der Waals surface area contributed by atoms with Crippen LogP contribution in [0, 0.1) is 0 Å². The van der Waals surface area contributed by atoms with Crippen LogP contribution in [0.1, 0.15) is 23.6 Å². The molecular formula is C17H19BrN2. The van der Waals surface area contributed by atoms with Gasteiger partial charge in [0.05, 0.1) is 0 Å². The summed E-state index contributed by atoms with van der Waals surface area (Å²) in [5, 5.41) is 7.29. The molecule has 2 N–H and O–H groups in total. The van der Waals surface area contributed by atoms with Crippen molar-refractivity contribution in [3.8, 4) is 0 Å². The third-order valence-electron chi connectivity index (χ3n) is 3.89. The summed E-state index contributed by atoms with van der Waals surface area (Å²) in [6.45, 7) is 1.98. The highest BCUT2D eigenvalue weighted by Gasteiger charge is 2.27. The van der Waals surface area contributed by atoms with Gasteiger partial charge in [0, 0.05) is 23.1 Å². The summed E-state index contributed by atoms with van der Waals surface area (Å²) in [6, 6.07) is 20.0. The van der Waals surface area contributed by atoms with E-state index in [4.69, 9.17) is 0 Å². The first kappa shape index (κ1) is 13.8. The van der Waals surface area contributed by atoms with E-state index in [2.05, 4.69) is 81.2 Å². The molecule has 1 fully saturated rings. The van der Waals surface area contributed by atoms with Gasteiger partial charge in [-0.15, -0.1) is 0 Å². The molecule has 3 heteroatoms. The first-order valence-corrected chi connectivity index (χ1v) is 7.89. The second kappa shape index (κ2) is 6.53. The van der Waals surface area contributed by atoms with Crippen LogP contribution in [-0.2, 0) is 6.54 Å². The lowest BCUT2D eigenvalue weighted by molar-refractivity contribution is 0.460. The summed E-state index contributed by atoms with van der Waals surface area (Å²) in [5.41, 5.74) is 2.68. The molecule has 0 radical (unpaired) electrons. The third-order valence-corrected chi connectivity index (χ3v) is 4.67. The summed E-state index contributed by atoms with van der Waals surface area (Å²) in [5.74, 6) is 0. The Bertz CT molecular complexity index is 556. The predicted molar refractivity (Wildman–Crippen MR) is 86.6 cm³/mol. The van der Waals surface area contributed by atoms with E-state index in [-0.39, 0.29) is 0 Å². The molecule has 1 aliphatic heterocycles. The normalized spacial score (nSPS) is 22.1. The topological polar surface area (TPSA) is 24.1 Å². The summed E-state index contributed by atoms with van der Waals surface area (Å²) in [7, 11) is 0. The highest BCUT2D eigenvalue weighted by atomic mass is 79.9. The van der Waals surface area contributed by atoms with E-state index in [0.717, 1.165) is 13.1 Å². The zero-order valence-corrected chi connectivity index (χ0v) is 12.9. The summed E-state index contributed by atoms with van der Waals surface area (Å²) < 4.78 is 1.18. The van der Waals surface area contributed by atoms with Crippen molar-refractivity contribution < 1.29 is 0 Å². The number of hydrogen-bond acceptors (Lipinski definition) is 2. The van der Waals surface area contributed by atoms with Gasteiger partial charge >= 0.3 is 0 Å². The Hall–Kier alpha value is -1.16. The standard InChI is InChI=1S/C17H19BrN2/c18-15-9-5-4-8-14(15)12-20-16-10-11-19-17(16)13-6-2-1-3-7-13/h1-9,16-17,19-20H,10-12H2. The maximum Gasteiger partial charge on any atom is 0.0476 e. The van der Waals surface area contributed by atoms with Gasteiger partial charge in [-0.2, -0.15) is 0 Å². The van der Waals surface area contributed by atoms with Crippen LogP contribution in [0.5, 0.6) is 0 Å². The second-order valence-electron chi connectivity index (χ2n) is 5.21. The van der Waals surface area contributed by atoms with E-state index < -0.39 is 0 Å². The minimum atomic E-state index is 0.415. The van der Waals surface area contributed by atoms with Crippen molar-refractivity contribution in [2.45, 2.75) is 25.0 Å². The zero-order valence-electron chi connectivity index (χ0n) is 11.4. The largest absolute Gasteiger partial charge is 0.309 e. The van der Waals surface area contributed by atoms with E-state index >= 15 is 0 Å². The molecule has 0 bridgehead atoms. The highest BCUT2D eigenvalue weighted by molar-refractivity contribution is 9.10. The molecular weight excluding hydrogens is 312 g/mol. The smallest absolute Gasteiger partial charge is 0.0476 e. The molecule has 0 aromatic heterocycles. The Labute approximate surface area is 128 Å². The van der Waals surface area contributed by atoms with E-state index in [1.54, 1.807) is 0 Å². The third kappa shape index (κ3) is 3.11. The minimum absolute atomic E-state index is 0.415. The van der Waals surface area contributed by atoms with Crippen LogP contribution in [0.25, 0.3) is 0 Å². The lowest BCUT2D eigenvalue weighted by Crippen LogP contribution is -2.34. The second-order valence-corrected chi connectivity index (χ2v) is 6.06. The molecule has 0 saturated carbocycles. The molecule has 0 spiro atoms. The maximum absolute atomic E-state index is 3.69. The first-order valence-electron chi connectivity index (χ1n) is 7.10. The quantitative estimate of drug-likeness (QED) is 0.894. The summed E-state index contributed by atoms with van der Waals surface area (Å²) in [4.78, 5) is 0. The van der Waals surface area contributed by atoms with Crippen molar-refractivity contribution in [3.05, 3.63) is 70.2 Å². The Morgan fingerprint density at radius 1 is 1.05 bits per heavy atom. The molecule has 2 unspecified atom stereocenters. The van der Waals surface area contributed by atoms with Crippen molar-refractivity contribution in [2.24, 2.45) is 0 Å². The van der Waals surface area contributed by atoms with Crippen molar-refractivity contribution >= 4 is 15.9 Å². The SMILES string of the molecule is Brc1ccccc1CNC1CCNC1c1ccccc1. The Balaban J connectivity index is 1.67. The minimum Gasteiger partial charge on any atom is -0.309 e. The molecule has 2 aromatic rings. The van der Waals surface area contributed by atoms with Crippen LogP contribution in [0.2, 0.25) is 0 Å². The lowest BCUT2D eigenvalue weighted by Gasteiger charge is -2.21. The molecule has 3 rings (SSSR count). The zero-order chi connectivity index (χ0) is 13.8. The molecule has 2 atom stereocenters. The van der Waals surface area contributed by atoms with Crippen LogP contribution < -0.4 is 10.6 Å². The van der Waals surface area contributed by atoms with Crippen molar-refractivity contribution in [1.29, 1.82) is 0 Å². The Morgan fingerprint density at radius 3 is 2.60 bits per heavy atom.